The second-order valence-electron chi connectivity index (χ2n) is 5.91. The highest BCUT2D eigenvalue weighted by atomic mass is 19.1. The SMILES string of the molecule is CCc1ccc(C(=O)C(C)(F)CN2CCCCC2)cc1. The molecule has 0 saturated carbocycles. The fourth-order valence-corrected chi connectivity index (χ4v) is 2.80. The van der Waals surface area contributed by atoms with Crippen molar-refractivity contribution in [3.05, 3.63) is 35.4 Å². The maximum atomic E-state index is 14.7. The van der Waals surface area contributed by atoms with Crippen LogP contribution < -0.4 is 0 Å². The van der Waals surface area contributed by atoms with Gasteiger partial charge in [0.25, 0.3) is 0 Å². The number of aryl methyl sites for hydroxylation is 1. The fourth-order valence-electron chi connectivity index (χ4n) is 2.80. The van der Waals surface area contributed by atoms with Crippen LogP contribution in [0.15, 0.2) is 24.3 Å². The van der Waals surface area contributed by atoms with Crippen molar-refractivity contribution in [1.82, 2.24) is 4.90 Å². The van der Waals surface area contributed by atoms with Gasteiger partial charge in [-0.15, -0.1) is 0 Å². The van der Waals surface area contributed by atoms with Gasteiger partial charge in [-0.2, -0.15) is 0 Å². The molecule has 0 radical (unpaired) electrons. The number of Topliss-reactive ketones (excluding diaryl/α,β-unsaturated/α-hetero) is 1. The van der Waals surface area contributed by atoms with Crippen molar-refractivity contribution in [2.24, 2.45) is 0 Å². The molecule has 110 valence electrons. The Hall–Kier alpha value is -1.22. The normalized spacial score (nSPS) is 19.6. The minimum absolute atomic E-state index is 0.210. The van der Waals surface area contributed by atoms with Crippen molar-refractivity contribution in [1.29, 1.82) is 0 Å². The molecule has 1 heterocycles. The molecule has 20 heavy (non-hydrogen) atoms. The number of carbonyl (C=O) groups excluding carboxylic acids is 1. The van der Waals surface area contributed by atoms with Crippen LogP contribution >= 0.6 is 0 Å². The summed E-state index contributed by atoms with van der Waals surface area (Å²) < 4.78 is 14.7. The number of nitrogens with zero attached hydrogens (tertiary/aromatic N) is 1. The molecular weight excluding hydrogens is 253 g/mol. The first-order valence-electron chi connectivity index (χ1n) is 7.58. The molecule has 3 heteroatoms. The summed E-state index contributed by atoms with van der Waals surface area (Å²) in [6.07, 6.45) is 4.35. The largest absolute Gasteiger partial charge is 0.300 e. The van der Waals surface area contributed by atoms with Gasteiger partial charge in [0.2, 0.25) is 5.78 Å². The maximum absolute atomic E-state index is 14.7. The van der Waals surface area contributed by atoms with Gasteiger partial charge in [0, 0.05) is 12.1 Å². The first-order chi connectivity index (χ1) is 9.53. The molecule has 0 amide bonds. The van der Waals surface area contributed by atoms with E-state index < -0.39 is 11.5 Å². The Kier molecular flexibility index (Phi) is 4.92. The predicted molar refractivity (Wildman–Crippen MR) is 80.0 cm³/mol. The Bertz CT molecular complexity index is 447. The number of carbonyl (C=O) groups is 1. The summed E-state index contributed by atoms with van der Waals surface area (Å²) in [7, 11) is 0. The van der Waals surface area contributed by atoms with Crippen LogP contribution in [-0.4, -0.2) is 36.0 Å². The molecule has 1 unspecified atom stereocenters. The van der Waals surface area contributed by atoms with Gasteiger partial charge >= 0.3 is 0 Å². The number of ketones is 1. The van der Waals surface area contributed by atoms with Gasteiger partial charge in [0.15, 0.2) is 5.67 Å². The summed E-state index contributed by atoms with van der Waals surface area (Å²) in [4.78, 5) is 14.4. The van der Waals surface area contributed by atoms with E-state index in [0.717, 1.165) is 37.9 Å². The lowest BCUT2D eigenvalue weighted by atomic mass is 9.94. The van der Waals surface area contributed by atoms with Crippen LogP contribution in [0.2, 0.25) is 0 Å². The Morgan fingerprint density at radius 2 is 1.80 bits per heavy atom. The lowest BCUT2D eigenvalue weighted by molar-refractivity contribution is 0.0576. The summed E-state index contributed by atoms with van der Waals surface area (Å²) in [6.45, 7) is 5.49. The van der Waals surface area contributed by atoms with E-state index >= 15 is 0 Å². The van der Waals surface area contributed by atoms with E-state index in [1.165, 1.54) is 13.3 Å². The van der Waals surface area contributed by atoms with Crippen molar-refractivity contribution >= 4 is 5.78 Å². The minimum atomic E-state index is -1.80. The Morgan fingerprint density at radius 3 is 2.35 bits per heavy atom. The molecule has 1 aliphatic heterocycles. The molecule has 0 aromatic heterocycles. The molecule has 1 saturated heterocycles. The monoisotopic (exact) mass is 277 g/mol. The van der Waals surface area contributed by atoms with Crippen LogP contribution in [0.25, 0.3) is 0 Å². The van der Waals surface area contributed by atoms with Crippen molar-refractivity contribution < 1.29 is 9.18 Å². The molecule has 2 rings (SSSR count). The molecule has 0 bridgehead atoms. The topological polar surface area (TPSA) is 20.3 Å². The third kappa shape index (κ3) is 3.66. The molecule has 1 aliphatic rings. The summed E-state index contributed by atoms with van der Waals surface area (Å²) in [5.74, 6) is -0.397. The van der Waals surface area contributed by atoms with Crippen LogP contribution in [0.5, 0.6) is 0 Å². The van der Waals surface area contributed by atoms with Gasteiger partial charge < -0.3 is 0 Å². The zero-order valence-electron chi connectivity index (χ0n) is 12.5. The van der Waals surface area contributed by atoms with E-state index in [1.54, 1.807) is 12.1 Å². The third-order valence-electron chi connectivity index (χ3n) is 4.07. The lowest BCUT2D eigenvalue weighted by Crippen LogP contribution is -2.45. The number of halogens is 1. The van der Waals surface area contributed by atoms with Gasteiger partial charge in [-0.05, 0) is 44.8 Å². The molecular formula is C17H24FNO. The van der Waals surface area contributed by atoms with E-state index in [0.29, 0.717) is 5.56 Å². The first kappa shape index (κ1) is 15.2. The zero-order chi connectivity index (χ0) is 14.6. The van der Waals surface area contributed by atoms with Crippen LogP contribution in [-0.2, 0) is 6.42 Å². The van der Waals surface area contributed by atoms with Gasteiger partial charge in [-0.3, -0.25) is 9.69 Å². The number of likely N-dealkylation sites (tertiary alicyclic amines) is 1. The van der Waals surface area contributed by atoms with Crippen LogP contribution in [0.3, 0.4) is 0 Å². The van der Waals surface area contributed by atoms with Crippen molar-refractivity contribution in [2.75, 3.05) is 19.6 Å². The Labute approximate surface area is 121 Å². The van der Waals surface area contributed by atoms with Crippen LogP contribution in [0.4, 0.5) is 4.39 Å². The fraction of sp³-hybridized carbons (Fsp3) is 0.588. The average Bonchev–Trinajstić information content (AvgIpc) is 2.47. The second kappa shape index (κ2) is 6.49. The number of benzene rings is 1. The number of hydrogen-bond acceptors (Lipinski definition) is 2. The smallest absolute Gasteiger partial charge is 0.201 e. The molecule has 0 spiro atoms. The lowest BCUT2D eigenvalue weighted by Gasteiger charge is -2.31. The summed E-state index contributed by atoms with van der Waals surface area (Å²) in [6, 6.07) is 7.30. The first-order valence-corrected chi connectivity index (χ1v) is 7.58. The molecule has 1 atom stereocenters. The number of piperidine rings is 1. The van der Waals surface area contributed by atoms with Gasteiger partial charge in [-0.25, -0.2) is 4.39 Å². The zero-order valence-corrected chi connectivity index (χ0v) is 12.5. The Balaban J connectivity index is 2.04. The second-order valence-corrected chi connectivity index (χ2v) is 5.91. The number of alkyl halides is 1. The summed E-state index contributed by atoms with van der Waals surface area (Å²) >= 11 is 0. The van der Waals surface area contributed by atoms with E-state index in [1.807, 2.05) is 12.1 Å². The van der Waals surface area contributed by atoms with E-state index in [9.17, 15) is 9.18 Å². The molecule has 1 aromatic carbocycles. The average molecular weight is 277 g/mol. The van der Waals surface area contributed by atoms with Gasteiger partial charge in [0.1, 0.15) is 0 Å². The summed E-state index contributed by atoms with van der Waals surface area (Å²) in [5, 5.41) is 0. The minimum Gasteiger partial charge on any atom is -0.300 e. The third-order valence-corrected chi connectivity index (χ3v) is 4.07. The standard InChI is InChI=1S/C17H24FNO/c1-3-14-7-9-15(10-8-14)16(20)17(2,18)13-19-11-5-4-6-12-19/h7-10H,3-6,11-13H2,1-2H3. The van der Waals surface area contributed by atoms with Crippen LogP contribution in [0.1, 0.15) is 49.0 Å². The maximum Gasteiger partial charge on any atom is 0.201 e. The van der Waals surface area contributed by atoms with E-state index in [2.05, 4.69) is 11.8 Å². The van der Waals surface area contributed by atoms with Crippen molar-refractivity contribution in [2.45, 2.75) is 45.2 Å². The van der Waals surface area contributed by atoms with E-state index in [4.69, 9.17) is 0 Å². The predicted octanol–water partition coefficient (Wildman–Crippen LogP) is 3.65. The highest BCUT2D eigenvalue weighted by Gasteiger charge is 2.35. The highest BCUT2D eigenvalue weighted by molar-refractivity contribution is 6.02. The highest BCUT2D eigenvalue weighted by Crippen LogP contribution is 2.22. The van der Waals surface area contributed by atoms with Crippen molar-refractivity contribution in [3.8, 4) is 0 Å². The van der Waals surface area contributed by atoms with Crippen LogP contribution in [0, 0.1) is 0 Å². The molecule has 1 aromatic rings. The number of hydrogen-bond donors (Lipinski definition) is 0. The van der Waals surface area contributed by atoms with Gasteiger partial charge in [-0.1, -0.05) is 37.6 Å². The molecule has 0 aliphatic carbocycles. The quantitative estimate of drug-likeness (QED) is 0.766. The summed E-state index contributed by atoms with van der Waals surface area (Å²) in [5.41, 5.74) is -0.159. The van der Waals surface area contributed by atoms with Gasteiger partial charge in [0.05, 0.1) is 0 Å². The molecule has 2 nitrogen and oxygen atoms in total. The Morgan fingerprint density at radius 1 is 1.20 bits per heavy atom. The van der Waals surface area contributed by atoms with E-state index in [-0.39, 0.29) is 6.54 Å². The molecule has 0 N–H and O–H groups in total. The molecule has 1 fully saturated rings. The number of rotatable bonds is 5. The van der Waals surface area contributed by atoms with Crippen molar-refractivity contribution in [3.63, 3.8) is 0 Å².